The van der Waals surface area contributed by atoms with Crippen LogP contribution in [0.25, 0.3) is 0 Å². The lowest BCUT2D eigenvalue weighted by molar-refractivity contribution is 0.251. The Bertz CT molecular complexity index is 592. The summed E-state index contributed by atoms with van der Waals surface area (Å²) in [6, 6.07) is 3.31. The molecule has 6 nitrogen and oxygen atoms in total. The molecule has 2 N–H and O–H groups in total. The molecule has 0 saturated heterocycles. The largest absolute Gasteiger partial charge is 0.458 e. The lowest BCUT2D eigenvalue weighted by atomic mass is 10.5. The summed E-state index contributed by atoms with van der Waals surface area (Å²) in [6.45, 7) is 2.72. The van der Waals surface area contributed by atoms with Gasteiger partial charge in [0.15, 0.2) is 11.6 Å². The van der Waals surface area contributed by atoms with Crippen molar-refractivity contribution >= 4 is 23.2 Å². The Hall–Kier alpha value is -2.22. The van der Waals surface area contributed by atoms with Crippen molar-refractivity contribution in [1.82, 2.24) is 15.3 Å². The summed E-state index contributed by atoms with van der Waals surface area (Å²) in [6.07, 6.45) is 1.75. The summed E-state index contributed by atoms with van der Waals surface area (Å²) in [5.74, 6) is -0.926. The molecule has 8 heteroatoms. The predicted octanol–water partition coefficient (Wildman–Crippen LogP) is 2.79. The maximum Gasteiger partial charge on any atom is 0.320 e. The standard InChI is InChI=1S/C13H15FN4O2S/c1-2-5-15-12(19)17-11-10(14)7-16-13(18-11)20-8-9-4-3-6-21-9/h3-4,6-7H,2,5,8H2,1H3,(H2,15,16,17,18,19). The number of hydrogen-bond acceptors (Lipinski definition) is 5. The summed E-state index contributed by atoms with van der Waals surface area (Å²) in [5.41, 5.74) is 0. The van der Waals surface area contributed by atoms with E-state index in [2.05, 4.69) is 20.6 Å². The first-order valence-electron chi connectivity index (χ1n) is 6.41. The number of ether oxygens (including phenoxy) is 1. The number of carbonyl (C=O) groups excluding carboxylic acids is 1. The van der Waals surface area contributed by atoms with Gasteiger partial charge in [-0.15, -0.1) is 11.3 Å². The molecule has 2 aromatic heterocycles. The summed E-state index contributed by atoms with van der Waals surface area (Å²) in [5, 5.41) is 6.82. The maximum absolute atomic E-state index is 13.5. The molecule has 2 heterocycles. The van der Waals surface area contributed by atoms with Crippen LogP contribution in [0, 0.1) is 5.82 Å². The van der Waals surface area contributed by atoms with Crippen LogP contribution < -0.4 is 15.4 Å². The molecule has 112 valence electrons. The van der Waals surface area contributed by atoms with Gasteiger partial charge in [-0.3, -0.25) is 5.32 Å². The quantitative estimate of drug-likeness (QED) is 0.860. The van der Waals surface area contributed by atoms with Crippen LogP contribution >= 0.6 is 11.3 Å². The Morgan fingerprint density at radius 1 is 1.52 bits per heavy atom. The Morgan fingerprint density at radius 3 is 3.10 bits per heavy atom. The van der Waals surface area contributed by atoms with E-state index >= 15 is 0 Å². The number of halogens is 1. The monoisotopic (exact) mass is 310 g/mol. The van der Waals surface area contributed by atoms with Crippen molar-refractivity contribution in [3.05, 3.63) is 34.4 Å². The number of urea groups is 1. The highest BCUT2D eigenvalue weighted by Gasteiger charge is 2.11. The zero-order valence-electron chi connectivity index (χ0n) is 11.4. The van der Waals surface area contributed by atoms with E-state index in [4.69, 9.17) is 4.74 Å². The van der Waals surface area contributed by atoms with Crippen molar-refractivity contribution in [1.29, 1.82) is 0 Å². The van der Waals surface area contributed by atoms with Gasteiger partial charge in [-0.1, -0.05) is 13.0 Å². The fraction of sp³-hybridized carbons (Fsp3) is 0.308. The average Bonchev–Trinajstić information content (AvgIpc) is 2.99. The zero-order valence-corrected chi connectivity index (χ0v) is 12.2. The van der Waals surface area contributed by atoms with Crippen LogP contribution in [0.5, 0.6) is 6.01 Å². The zero-order chi connectivity index (χ0) is 15.1. The number of thiophene rings is 1. The van der Waals surface area contributed by atoms with Crippen LogP contribution in [0.3, 0.4) is 0 Å². The minimum atomic E-state index is -0.717. The molecule has 2 amide bonds. The van der Waals surface area contributed by atoms with Gasteiger partial charge in [0.2, 0.25) is 0 Å². The van der Waals surface area contributed by atoms with Gasteiger partial charge in [0.1, 0.15) is 6.61 Å². The van der Waals surface area contributed by atoms with E-state index in [9.17, 15) is 9.18 Å². The first kappa shape index (κ1) is 15.2. The second-order valence-corrected chi connectivity index (χ2v) is 5.13. The van der Waals surface area contributed by atoms with Gasteiger partial charge in [0.05, 0.1) is 6.20 Å². The second-order valence-electron chi connectivity index (χ2n) is 4.10. The van der Waals surface area contributed by atoms with Gasteiger partial charge in [0.25, 0.3) is 0 Å². The Labute approximate surface area is 125 Å². The van der Waals surface area contributed by atoms with Gasteiger partial charge in [-0.05, 0) is 17.9 Å². The van der Waals surface area contributed by atoms with Crippen molar-refractivity contribution < 1.29 is 13.9 Å². The van der Waals surface area contributed by atoms with Crippen LogP contribution in [0.1, 0.15) is 18.2 Å². The highest BCUT2D eigenvalue weighted by Crippen LogP contribution is 2.15. The Kier molecular flexibility index (Phi) is 5.44. The first-order chi connectivity index (χ1) is 10.2. The Balaban J connectivity index is 1.97. The van der Waals surface area contributed by atoms with E-state index < -0.39 is 11.8 Å². The number of rotatable bonds is 6. The fourth-order valence-corrected chi connectivity index (χ4v) is 2.04. The highest BCUT2D eigenvalue weighted by atomic mass is 32.1. The molecule has 0 aliphatic rings. The van der Waals surface area contributed by atoms with Crippen molar-refractivity contribution in [2.24, 2.45) is 0 Å². The van der Waals surface area contributed by atoms with Crippen molar-refractivity contribution in [3.63, 3.8) is 0 Å². The van der Waals surface area contributed by atoms with E-state index in [0.29, 0.717) is 13.2 Å². The van der Waals surface area contributed by atoms with Crippen molar-refractivity contribution in [2.45, 2.75) is 20.0 Å². The number of amides is 2. The normalized spacial score (nSPS) is 10.2. The van der Waals surface area contributed by atoms with Crippen LogP contribution in [0.2, 0.25) is 0 Å². The average molecular weight is 310 g/mol. The molecule has 0 unspecified atom stereocenters. The third-order valence-electron chi connectivity index (χ3n) is 2.41. The summed E-state index contributed by atoms with van der Waals surface area (Å²) in [7, 11) is 0. The molecule has 0 spiro atoms. The van der Waals surface area contributed by atoms with Crippen LogP contribution in [0.15, 0.2) is 23.7 Å². The van der Waals surface area contributed by atoms with Gasteiger partial charge in [-0.2, -0.15) is 4.98 Å². The van der Waals surface area contributed by atoms with E-state index in [0.717, 1.165) is 17.5 Å². The molecule has 0 aliphatic carbocycles. The summed E-state index contributed by atoms with van der Waals surface area (Å²) >= 11 is 1.53. The highest BCUT2D eigenvalue weighted by molar-refractivity contribution is 7.09. The number of carbonyl (C=O) groups is 1. The SMILES string of the molecule is CCCNC(=O)Nc1nc(OCc2cccs2)ncc1F. The van der Waals surface area contributed by atoms with Crippen LogP contribution in [0.4, 0.5) is 15.0 Å². The number of hydrogen-bond donors (Lipinski definition) is 2. The van der Waals surface area contributed by atoms with Crippen molar-refractivity contribution in [2.75, 3.05) is 11.9 Å². The first-order valence-corrected chi connectivity index (χ1v) is 7.29. The molecule has 0 aliphatic heterocycles. The fourth-order valence-electron chi connectivity index (χ4n) is 1.43. The number of aromatic nitrogens is 2. The molecule has 21 heavy (non-hydrogen) atoms. The van der Waals surface area contributed by atoms with Gasteiger partial charge >= 0.3 is 12.0 Å². The van der Waals surface area contributed by atoms with Gasteiger partial charge in [0, 0.05) is 11.4 Å². The van der Waals surface area contributed by atoms with E-state index in [-0.39, 0.29) is 11.8 Å². The minimum Gasteiger partial charge on any atom is -0.458 e. The molecule has 0 bridgehead atoms. The van der Waals surface area contributed by atoms with Gasteiger partial charge < -0.3 is 10.1 Å². The van der Waals surface area contributed by atoms with Gasteiger partial charge in [-0.25, -0.2) is 14.2 Å². The predicted molar refractivity (Wildman–Crippen MR) is 78.0 cm³/mol. The van der Waals surface area contributed by atoms with E-state index in [1.165, 1.54) is 11.3 Å². The number of anilines is 1. The molecule has 0 radical (unpaired) electrons. The molecule has 2 rings (SSSR count). The number of nitrogens with one attached hydrogen (secondary N) is 2. The van der Waals surface area contributed by atoms with Crippen molar-refractivity contribution in [3.8, 4) is 6.01 Å². The lowest BCUT2D eigenvalue weighted by Crippen LogP contribution is -2.30. The molecule has 0 aromatic carbocycles. The summed E-state index contributed by atoms with van der Waals surface area (Å²) in [4.78, 5) is 20.1. The second kappa shape index (κ2) is 7.53. The number of nitrogens with zero attached hydrogens (tertiary/aromatic N) is 2. The molecular formula is C13H15FN4O2S. The molecule has 2 aromatic rings. The molecular weight excluding hydrogens is 295 g/mol. The maximum atomic E-state index is 13.5. The topological polar surface area (TPSA) is 76.1 Å². The van der Waals surface area contributed by atoms with Crippen LogP contribution in [-0.4, -0.2) is 22.5 Å². The minimum absolute atomic E-state index is 0.00981. The Morgan fingerprint density at radius 2 is 2.38 bits per heavy atom. The summed E-state index contributed by atoms with van der Waals surface area (Å²) < 4.78 is 18.9. The van der Waals surface area contributed by atoms with E-state index in [1.807, 2.05) is 24.4 Å². The third kappa shape index (κ3) is 4.67. The lowest BCUT2D eigenvalue weighted by Gasteiger charge is -2.08. The van der Waals surface area contributed by atoms with E-state index in [1.54, 1.807) is 0 Å². The molecule has 0 atom stereocenters. The van der Waals surface area contributed by atoms with Crippen LogP contribution in [-0.2, 0) is 6.61 Å². The molecule has 0 saturated carbocycles. The molecule has 0 fully saturated rings. The smallest absolute Gasteiger partial charge is 0.320 e. The third-order valence-corrected chi connectivity index (χ3v) is 3.26.